The lowest BCUT2D eigenvalue weighted by molar-refractivity contribution is -0.167. The van der Waals surface area contributed by atoms with Crippen molar-refractivity contribution in [3.63, 3.8) is 0 Å². The number of piperidine rings is 1. The van der Waals surface area contributed by atoms with Gasteiger partial charge in [-0.05, 0) is 47.4 Å². The Balaban J connectivity index is 1.17. The molecule has 0 radical (unpaired) electrons. The molecule has 3 aromatic rings. The number of aromatic nitrogens is 3. The minimum absolute atomic E-state index is 0.0118. The minimum atomic E-state index is -4.70. The SMILES string of the molecule is Cn1cnnc1CC1(c2cccc(N3Cc4c(cc(CN5CCC(F)(F)[C@@]6(CCOC6)C5)cc4C(F)(F)F)C3=O)c2)COC1. The van der Waals surface area contributed by atoms with E-state index in [4.69, 9.17) is 9.47 Å². The van der Waals surface area contributed by atoms with Gasteiger partial charge in [0.2, 0.25) is 0 Å². The van der Waals surface area contributed by atoms with Crippen molar-refractivity contribution in [3.05, 3.63) is 76.4 Å². The highest BCUT2D eigenvalue weighted by Crippen LogP contribution is 2.49. The van der Waals surface area contributed by atoms with Gasteiger partial charge < -0.3 is 18.9 Å². The van der Waals surface area contributed by atoms with Crippen LogP contribution in [0.5, 0.6) is 0 Å². The zero-order valence-electron chi connectivity index (χ0n) is 24.2. The fourth-order valence-corrected chi connectivity index (χ4v) is 7.11. The first-order valence-corrected chi connectivity index (χ1v) is 14.6. The number of benzene rings is 2. The van der Waals surface area contributed by atoms with Gasteiger partial charge in [0.25, 0.3) is 11.8 Å². The lowest BCUT2D eigenvalue weighted by Crippen LogP contribution is -2.55. The number of fused-ring (bicyclic) bond motifs is 1. The molecule has 0 aliphatic carbocycles. The molecule has 2 aromatic carbocycles. The molecule has 4 aliphatic rings. The summed E-state index contributed by atoms with van der Waals surface area (Å²) in [6, 6.07) is 9.85. The van der Waals surface area contributed by atoms with Crippen molar-refractivity contribution in [2.24, 2.45) is 12.5 Å². The Morgan fingerprint density at radius 2 is 1.86 bits per heavy atom. The van der Waals surface area contributed by atoms with Gasteiger partial charge in [-0.25, -0.2) is 8.78 Å². The molecular weight excluding hydrogens is 585 g/mol. The normalized spacial score (nSPS) is 24.6. The van der Waals surface area contributed by atoms with Crippen LogP contribution in [0, 0.1) is 5.41 Å². The third-order valence-electron chi connectivity index (χ3n) is 9.79. The number of rotatable bonds is 6. The van der Waals surface area contributed by atoms with E-state index in [0.717, 1.165) is 17.5 Å². The molecule has 4 aliphatic heterocycles. The number of aryl methyl sites for hydroxylation is 1. The number of hydrogen-bond acceptors (Lipinski definition) is 6. The monoisotopic (exact) mass is 617 g/mol. The van der Waals surface area contributed by atoms with Crippen LogP contribution in [0.15, 0.2) is 42.7 Å². The van der Waals surface area contributed by atoms with Gasteiger partial charge in [-0.1, -0.05) is 12.1 Å². The van der Waals surface area contributed by atoms with Crippen molar-refractivity contribution in [1.82, 2.24) is 19.7 Å². The first-order valence-electron chi connectivity index (χ1n) is 14.6. The van der Waals surface area contributed by atoms with Crippen molar-refractivity contribution < 1.29 is 36.2 Å². The largest absolute Gasteiger partial charge is 0.416 e. The van der Waals surface area contributed by atoms with Crippen LogP contribution in [-0.4, -0.2) is 71.0 Å². The Kier molecular flexibility index (Phi) is 6.87. The number of alkyl halides is 5. The lowest BCUT2D eigenvalue weighted by Gasteiger charge is -2.45. The van der Waals surface area contributed by atoms with Gasteiger partial charge >= 0.3 is 6.18 Å². The van der Waals surface area contributed by atoms with E-state index in [1.165, 1.54) is 11.0 Å². The molecule has 0 bridgehead atoms. The van der Waals surface area contributed by atoms with Crippen molar-refractivity contribution in [1.29, 1.82) is 0 Å². The average Bonchev–Trinajstić information content (AvgIpc) is 3.68. The predicted molar refractivity (Wildman–Crippen MR) is 148 cm³/mol. The van der Waals surface area contributed by atoms with Gasteiger partial charge in [-0.3, -0.25) is 9.69 Å². The Bertz CT molecular complexity index is 1600. The summed E-state index contributed by atoms with van der Waals surface area (Å²) in [4.78, 5) is 16.9. The smallest absolute Gasteiger partial charge is 0.381 e. The quantitative estimate of drug-likeness (QED) is 0.372. The summed E-state index contributed by atoms with van der Waals surface area (Å²) in [6.07, 6.45) is -2.71. The minimum Gasteiger partial charge on any atom is -0.381 e. The molecule has 0 unspecified atom stereocenters. The third kappa shape index (κ3) is 4.80. The topological polar surface area (TPSA) is 72.7 Å². The second-order valence-electron chi connectivity index (χ2n) is 12.7. The average molecular weight is 618 g/mol. The third-order valence-corrected chi connectivity index (χ3v) is 9.79. The maximum absolute atomic E-state index is 14.9. The molecule has 234 valence electrons. The van der Waals surface area contributed by atoms with Crippen molar-refractivity contribution in [2.75, 3.05) is 44.4 Å². The molecule has 44 heavy (non-hydrogen) atoms. The van der Waals surface area contributed by atoms with E-state index in [2.05, 4.69) is 10.2 Å². The van der Waals surface area contributed by atoms with E-state index >= 15 is 0 Å². The fraction of sp³-hybridized carbons (Fsp3) is 0.516. The van der Waals surface area contributed by atoms with Crippen molar-refractivity contribution in [3.8, 4) is 0 Å². The number of likely N-dealkylation sites (tertiary alicyclic amines) is 1. The standard InChI is InChI=1S/C31H32F5N5O3/c1-39-19-37-38-26(39)12-28(16-44-17-28)21-3-2-4-22(11-21)41-14-24-23(27(41)42)9-20(10-25(24)31(34,35)36)13-40-7-5-30(32,33)29(15-40)6-8-43-18-29/h2-4,9-11,19H,5-8,12-18H2,1H3/t29-/m0/s1. The number of amides is 1. The molecule has 1 amide bonds. The maximum Gasteiger partial charge on any atom is 0.416 e. The summed E-state index contributed by atoms with van der Waals surface area (Å²) in [6.45, 7) is 0.902. The number of nitrogens with zero attached hydrogens (tertiary/aromatic N) is 5. The molecule has 3 fully saturated rings. The van der Waals surface area contributed by atoms with Crippen LogP contribution in [0.4, 0.5) is 27.6 Å². The first-order chi connectivity index (χ1) is 20.9. The zero-order chi connectivity index (χ0) is 30.9. The Labute approximate surface area is 250 Å². The van der Waals surface area contributed by atoms with E-state index in [0.29, 0.717) is 25.3 Å². The van der Waals surface area contributed by atoms with Gasteiger partial charge in [-0.2, -0.15) is 13.2 Å². The number of hydrogen-bond donors (Lipinski definition) is 0. The second-order valence-corrected chi connectivity index (χ2v) is 12.7. The lowest BCUT2D eigenvalue weighted by atomic mass is 9.75. The van der Waals surface area contributed by atoms with E-state index in [9.17, 15) is 26.7 Å². The molecular formula is C31H32F5N5O3. The van der Waals surface area contributed by atoms with Crippen LogP contribution in [0.2, 0.25) is 0 Å². The van der Waals surface area contributed by atoms with Gasteiger partial charge in [0.15, 0.2) is 0 Å². The van der Waals surface area contributed by atoms with Crippen LogP contribution in [-0.2, 0) is 47.6 Å². The zero-order valence-corrected chi connectivity index (χ0v) is 24.2. The second kappa shape index (κ2) is 10.3. The van der Waals surface area contributed by atoms with Gasteiger partial charge in [0.05, 0.1) is 37.3 Å². The van der Waals surface area contributed by atoms with Gasteiger partial charge in [0, 0.05) is 62.8 Å². The summed E-state index contributed by atoms with van der Waals surface area (Å²) in [5.74, 6) is -2.66. The van der Waals surface area contributed by atoms with Crippen molar-refractivity contribution >= 4 is 11.6 Å². The van der Waals surface area contributed by atoms with E-state index in [1.54, 1.807) is 23.4 Å². The molecule has 0 saturated carbocycles. The Hall–Kier alpha value is -3.42. The molecule has 13 heteroatoms. The molecule has 5 heterocycles. The molecule has 7 rings (SSSR count). The Morgan fingerprint density at radius 1 is 1.05 bits per heavy atom. The van der Waals surface area contributed by atoms with Crippen LogP contribution < -0.4 is 4.90 Å². The number of halogens is 5. The summed E-state index contributed by atoms with van der Waals surface area (Å²) >= 11 is 0. The summed E-state index contributed by atoms with van der Waals surface area (Å²) in [5.41, 5.74) is -1.05. The number of ether oxygens (including phenoxy) is 2. The predicted octanol–water partition coefficient (Wildman–Crippen LogP) is 4.75. The molecule has 1 spiro atoms. The highest BCUT2D eigenvalue weighted by atomic mass is 19.4. The first kappa shape index (κ1) is 29.3. The van der Waals surface area contributed by atoms with Crippen LogP contribution in [0.1, 0.15) is 51.3 Å². The molecule has 8 nitrogen and oxygen atoms in total. The van der Waals surface area contributed by atoms with E-state index < -0.39 is 34.4 Å². The number of carbonyl (C=O) groups excluding carboxylic acids is 1. The molecule has 3 saturated heterocycles. The van der Waals surface area contributed by atoms with Gasteiger partial charge in [0.1, 0.15) is 12.2 Å². The number of carbonyl (C=O) groups is 1. The number of anilines is 1. The maximum atomic E-state index is 14.9. The summed E-state index contributed by atoms with van der Waals surface area (Å²) < 4.78 is 85.6. The molecule has 1 atom stereocenters. The van der Waals surface area contributed by atoms with Gasteiger partial charge in [-0.15, -0.1) is 10.2 Å². The van der Waals surface area contributed by atoms with Crippen LogP contribution in [0.3, 0.4) is 0 Å². The summed E-state index contributed by atoms with van der Waals surface area (Å²) in [5, 5.41) is 8.15. The molecule has 1 aromatic heterocycles. The van der Waals surface area contributed by atoms with Crippen molar-refractivity contribution in [2.45, 2.75) is 49.9 Å². The highest BCUT2D eigenvalue weighted by Gasteiger charge is 2.58. The van der Waals surface area contributed by atoms with E-state index in [-0.39, 0.29) is 68.9 Å². The summed E-state index contributed by atoms with van der Waals surface area (Å²) in [7, 11) is 1.85. The van der Waals surface area contributed by atoms with Crippen LogP contribution >= 0.6 is 0 Å². The molecule has 0 N–H and O–H groups in total. The van der Waals surface area contributed by atoms with E-state index in [1.807, 2.05) is 23.7 Å². The highest BCUT2D eigenvalue weighted by molar-refractivity contribution is 6.10. The van der Waals surface area contributed by atoms with Crippen LogP contribution in [0.25, 0.3) is 0 Å². The Morgan fingerprint density at radius 3 is 2.52 bits per heavy atom. The fourth-order valence-electron chi connectivity index (χ4n) is 7.11.